The predicted molar refractivity (Wildman–Crippen MR) is 67.2 cm³/mol. The molecule has 0 unspecified atom stereocenters. The summed E-state index contributed by atoms with van der Waals surface area (Å²) < 4.78 is 15.4. The van der Waals surface area contributed by atoms with Gasteiger partial charge in [0.25, 0.3) is 0 Å². The number of ether oxygens (including phenoxy) is 3. The summed E-state index contributed by atoms with van der Waals surface area (Å²) in [5.74, 6) is 1.54. The molecule has 0 fully saturated rings. The molecule has 0 saturated carbocycles. The van der Waals surface area contributed by atoms with Gasteiger partial charge >= 0.3 is 0 Å². The fourth-order valence-corrected chi connectivity index (χ4v) is 1.92. The van der Waals surface area contributed by atoms with Crippen LogP contribution in [0.1, 0.15) is 36.0 Å². The van der Waals surface area contributed by atoms with E-state index in [1.54, 1.807) is 25.3 Å². The van der Waals surface area contributed by atoms with Crippen LogP contribution in [0.15, 0.2) is 18.2 Å². The number of hydrogen-bond acceptors (Lipinski definition) is 4. The molecule has 0 radical (unpaired) electrons. The summed E-state index contributed by atoms with van der Waals surface area (Å²) in [6, 6.07) is 5.35. The quantitative estimate of drug-likeness (QED) is 0.551. The molecule has 1 aliphatic rings. The number of hydrogen-bond donors (Lipinski definition) is 0. The van der Waals surface area contributed by atoms with Gasteiger partial charge in [0, 0.05) is 25.7 Å². The van der Waals surface area contributed by atoms with Gasteiger partial charge in [-0.15, -0.1) is 0 Å². The summed E-state index contributed by atoms with van der Waals surface area (Å²) in [4.78, 5) is 11.9. The summed E-state index contributed by atoms with van der Waals surface area (Å²) in [5.41, 5.74) is 0.700. The molecule has 98 valence electrons. The largest absolute Gasteiger partial charge is 0.454 e. The molecular formula is C14H18O4. The Hall–Kier alpha value is -1.55. The van der Waals surface area contributed by atoms with Gasteiger partial charge in [0.05, 0.1) is 0 Å². The van der Waals surface area contributed by atoms with Gasteiger partial charge < -0.3 is 14.2 Å². The first-order valence-electron chi connectivity index (χ1n) is 6.23. The molecular weight excluding hydrogens is 232 g/mol. The van der Waals surface area contributed by atoms with Crippen LogP contribution in [-0.2, 0) is 4.74 Å². The van der Waals surface area contributed by atoms with Gasteiger partial charge in [-0.05, 0) is 31.0 Å². The lowest BCUT2D eigenvalue weighted by Gasteiger charge is -2.03. The molecule has 1 aromatic carbocycles. The molecule has 0 saturated heterocycles. The first-order valence-corrected chi connectivity index (χ1v) is 6.23. The monoisotopic (exact) mass is 250 g/mol. The van der Waals surface area contributed by atoms with Crippen molar-refractivity contribution in [1.82, 2.24) is 0 Å². The smallest absolute Gasteiger partial charge is 0.231 e. The molecule has 4 nitrogen and oxygen atoms in total. The first-order chi connectivity index (χ1) is 8.81. The third kappa shape index (κ3) is 3.23. The Kier molecular flexibility index (Phi) is 4.59. The molecule has 2 rings (SSSR count). The molecule has 4 heteroatoms. The fourth-order valence-electron chi connectivity index (χ4n) is 1.92. The number of unbranched alkanes of at least 4 members (excludes halogenated alkanes) is 2. The minimum absolute atomic E-state index is 0.158. The molecule has 0 spiro atoms. The number of carbonyl (C=O) groups is 1. The average molecular weight is 250 g/mol. The van der Waals surface area contributed by atoms with Gasteiger partial charge in [-0.3, -0.25) is 4.79 Å². The summed E-state index contributed by atoms with van der Waals surface area (Å²) in [6.07, 6.45) is 3.50. The van der Waals surface area contributed by atoms with Crippen molar-refractivity contribution in [2.24, 2.45) is 0 Å². The maximum Gasteiger partial charge on any atom is 0.231 e. The third-order valence-electron chi connectivity index (χ3n) is 2.95. The van der Waals surface area contributed by atoms with Crippen LogP contribution in [0.25, 0.3) is 0 Å². The zero-order valence-electron chi connectivity index (χ0n) is 10.6. The minimum Gasteiger partial charge on any atom is -0.454 e. The van der Waals surface area contributed by atoms with Crippen molar-refractivity contribution in [2.45, 2.75) is 25.7 Å². The van der Waals surface area contributed by atoms with Crippen molar-refractivity contribution in [3.05, 3.63) is 23.8 Å². The van der Waals surface area contributed by atoms with E-state index in [2.05, 4.69) is 0 Å². The SMILES string of the molecule is COCCCCCC(=O)c1ccc2c(c1)OCO2. The van der Waals surface area contributed by atoms with Gasteiger partial charge in [0.15, 0.2) is 17.3 Å². The summed E-state index contributed by atoms with van der Waals surface area (Å²) in [6.45, 7) is 1.00. The highest BCUT2D eigenvalue weighted by Crippen LogP contribution is 2.32. The molecule has 0 atom stereocenters. The van der Waals surface area contributed by atoms with Crippen LogP contribution in [0, 0.1) is 0 Å². The Balaban J connectivity index is 1.82. The topological polar surface area (TPSA) is 44.8 Å². The van der Waals surface area contributed by atoms with Gasteiger partial charge in [-0.25, -0.2) is 0 Å². The van der Waals surface area contributed by atoms with Gasteiger partial charge in [-0.2, -0.15) is 0 Å². The van der Waals surface area contributed by atoms with Crippen molar-refractivity contribution >= 4 is 5.78 Å². The van der Waals surface area contributed by atoms with E-state index in [9.17, 15) is 4.79 Å². The van der Waals surface area contributed by atoms with E-state index in [0.717, 1.165) is 25.9 Å². The molecule has 0 bridgehead atoms. The van der Waals surface area contributed by atoms with Crippen molar-refractivity contribution in [2.75, 3.05) is 20.5 Å². The Morgan fingerprint density at radius 3 is 2.89 bits per heavy atom. The lowest BCUT2D eigenvalue weighted by atomic mass is 10.0. The number of methoxy groups -OCH3 is 1. The van der Waals surface area contributed by atoms with Crippen molar-refractivity contribution in [3.63, 3.8) is 0 Å². The highest BCUT2D eigenvalue weighted by atomic mass is 16.7. The zero-order chi connectivity index (χ0) is 12.8. The first kappa shape index (κ1) is 12.9. The molecule has 18 heavy (non-hydrogen) atoms. The van der Waals surface area contributed by atoms with E-state index in [4.69, 9.17) is 14.2 Å². The van der Waals surface area contributed by atoms with Crippen molar-refractivity contribution < 1.29 is 19.0 Å². The van der Waals surface area contributed by atoms with E-state index >= 15 is 0 Å². The lowest BCUT2D eigenvalue weighted by Crippen LogP contribution is -1.99. The number of fused-ring (bicyclic) bond motifs is 1. The summed E-state index contributed by atoms with van der Waals surface area (Å²) >= 11 is 0. The normalized spacial score (nSPS) is 12.7. The highest BCUT2D eigenvalue weighted by Gasteiger charge is 2.15. The zero-order valence-corrected chi connectivity index (χ0v) is 10.6. The second-order valence-corrected chi connectivity index (χ2v) is 4.29. The Morgan fingerprint density at radius 1 is 1.22 bits per heavy atom. The van der Waals surface area contributed by atoms with Crippen LogP contribution < -0.4 is 9.47 Å². The van der Waals surface area contributed by atoms with Gasteiger partial charge in [-0.1, -0.05) is 6.42 Å². The Labute approximate surface area is 107 Å². The average Bonchev–Trinajstić information content (AvgIpc) is 2.85. The van der Waals surface area contributed by atoms with Gasteiger partial charge in [0.1, 0.15) is 0 Å². The Bertz CT molecular complexity index is 414. The van der Waals surface area contributed by atoms with Crippen LogP contribution in [0.2, 0.25) is 0 Å². The number of rotatable bonds is 7. The molecule has 0 aliphatic carbocycles. The summed E-state index contributed by atoms with van der Waals surface area (Å²) in [7, 11) is 1.69. The third-order valence-corrected chi connectivity index (χ3v) is 2.95. The van der Waals surface area contributed by atoms with E-state index < -0.39 is 0 Å². The van der Waals surface area contributed by atoms with Crippen LogP contribution >= 0.6 is 0 Å². The number of benzene rings is 1. The maximum atomic E-state index is 11.9. The lowest BCUT2D eigenvalue weighted by molar-refractivity contribution is 0.0977. The molecule has 0 aromatic heterocycles. The van der Waals surface area contributed by atoms with Crippen LogP contribution in [0.5, 0.6) is 11.5 Å². The molecule has 0 amide bonds. The van der Waals surface area contributed by atoms with Crippen LogP contribution in [0.3, 0.4) is 0 Å². The molecule has 1 heterocycles. The molecule has 1 aliphatic heterocycles. The maximum absolute atomic E-state index is 11.9. The fraction of sp³-hybridized carbons (Fsp3) is 0.500. The molecule has 1 aromatic rings. The van der Waals surface area contributed by atoms with Crippen molar-refractivity contribution in [1.29, 1.82) is 0 Å². The van der Waals surface area contributed by atoms with Crippen LogP contribution in [0.4, 0.5) is 0 Å². The van der Waals surface area contributed by atoms with Crippen molar-refractivity contribution in [3.8, 4) is 11.5 Å². The number of carbonyl (C=O) groups excluding carboxylic acids is 1. The van der Waals surface area contributed by atoms with Crippen LogP contribution in [-0.4, -0.2) is 26.3 Å². The second-order valence-electron chi connectivity index (χ2n) is 4.29. The number of ketones is 1. The minimum atomic E-state index is 0.158. The van der Waals surface area contributed by atoms with Gasteiger partial charge in [0.2, 0.25) is 6.79 Å². The predicted octanol–water partition coefficient (Wildman–Crippen LogP) is 2.80. The second kappa shape index (κ2) is 6.40. The van der Waals surface area contributed by atoms with E-state index in [0.29, 0.717) is 23.5 Å². The van der Waals surface area contributed by atoms with E-state index in [1.807, 2.05) is 0 Å². The standard InChI is InChI=1S/C14H18O4/c1-16-8-4-2-3-5-12(15)11-6-7-13-14(9-11)18-10-17-13/h6-7,9H,2-5,8,10H2,1H3. The molecule has 0 N–H and O–H groups in total. The Morgan fingerprint density at radius 2 is 2.06 bits per heavy atom. The van der Waals surface area contributed by atoms with E-state index in [1.165, 1.54) is 0 Å². The highest BCUT2D eigenvalue weighted by molar-refractivity contribution is 5.96. The van der Waals surface area contributed by atoms with E-state index in [-0.39, 0.29) is 12.6 Å². The number of Topliss-reactive ketones (excluding diaryl/α,β-unsaturated/α-hetero) is 1. The summed E-state index contributed by atoms with van der Waals surface area (Å²) in [5, 5.41) is 0.